The predicted octanol–water partition coefficient (Wildman–Crippen LogP) is 2.68. The van der Waals surface area contributed by atoms with Crippen molar-refractivity contribution in [2.24, 2.45) is 0 Å². The molecule has 0 aliphatic rings. The van der Waals surface area contributed by atoms with Crippen LogP contribution in [0.1, 0.15) is 16.7 Å². The zero-order valence-electron chi connectivity index (χ0n) is 11.9. The molecule has 9 heteroatoms. The van der Waals surface area contributed by atoms with E-state index in [1.54, 1.807) is 53.8 Å². The first-order chi connectivity index (χ1) is 10.5. The standard InChI is InChI=1S/C14H13IO6S2/c1-9-2-3-10(7-13(9)22(16,17)18)6-11-4-5-12(15)14(8-11)23(19,20)21/h2-5,7-8H,6H2,1H3,(H,16,17,18)(H,19,20,21). The molecule has 23 heavy (non-hydrogen) atoms. The first kappa shape index (κ1) is 18.3. The quantitative estimate of drug-likeness (QED) is 0.528. The summed E-state index contributed by atoms with van der Waals surface area (Å²) in [5.74, 6) is 0. The van der Waals surface area contributed by atoms with Gasteiger partial charge in [0.25, 0.3) is 20.2 Å². The fourth-order valence-electron chi connectivity index (χ4n) is 2.12. The molecule has 0 unspecified atom stereocenters. The lowest BCUT2D eigenvalue weighted by Crippen LogP contribution is -2.04. The van der Waals surface area contributed by atoms with Gasteiger partial charge in [0.15, 0.2) is 0 Å². The minimum absolute atomic E-state index is 0.185. The molecular formula is C14H13IO6S2. The van der Waals surface area contributed by atoms with Crippen molar-refractivity contribution in [1.82, 2.24) is 0 Å². The maximum Gasteiger partial charge on any atom is 0.295 e. The number of aryl methyl sites for hydroxylation is 1. The normalized spacial score (nSPS) is 12.3. The van der Waals surface area contributed by atoms with Gasteiger partial charge in [0.05, 0.1) is 4.90 Å². The molecule has 2 aromatic rings. The highest BCUT2D eigenvalue weighted by molar-refractivity contribution is 14.1. The number of halogens is 1. The Morgan fingerprint density at radius 3 is 1.87 bits per heavy atom. The maximum absolute atomic E-state index is 11.3. The summed E-state index contributed by atoms with van der Waals surface area (Å²) in [7, 11) is -8.65. The first-order valence-electron chi connectivity index (χ1n) is 6.31. The van der Waals surface area contributed by atoms with Crippen LogP contribution in [-0.4, -0.2) is 25.9 Å². The van der Waals surface area contributed by atoms with E-state index in [4.69, 9.17) is 0 Å². The molecule has 0 aromatic heterocycles. The van der Waals surface area contributed by atoms with Crippen molar-refractivity contribution >= 4 is 42.8 Å². The Labute approximate surface area is 148 Å². The first-order valence-corrected chi connectivity index (χ1v) is 10.3. The van der Waals surface area contributed by atoms with E-state index < -0.39 is 20.2 Å². The molecule has 0 aliphatic carbocycles. The summed E-state index contributed by atoms with van der Waals surface area (Å²) >= 11 is 1.80. The van der Waals surface area contributed by atoms with Gasteiger partial charge in [-0.25, -0.2) is 0 Å². The van der Waals surface area contributed by atoms with Gasteiger partial charge in [-0.2, -0.15) is 16.8 Å². The lowest BCUT2D eigenvalue weighted by molar-refractivity contribution is 0.480. The third-order valence-corrected chi connectivity index (χ3v) is 6.41. The van der Waals surface area contributed by atoms with Crippen LogP contribution in [0.15, 0.2) is 46.2 Å². The second kappa shape index (κ2) is 6.48. The van der Waals surface area contributed by atoms with E-state index in [2.05, 4.69) is 0 Å². The van der Waals surface area contributed by atoms with Gasteiger partial charge in [0.2, 0.25) is 0 Å². The van der Waals surface area contributed by atoms with Crippen molar-refractivity contribution in [2.75, 3.05) is 0 Å². The summed E-state index contributed by atoms with van der Waals surface area (Å²) in [6, 6.07) is 9.17. The van der Waals surface area contributed by atoms with Gasteiger partial charge in [-0.3, -0.25) is 9.11 Å². The van der Waals surface area contributed by atoms with Gasteiger partial charge in [0.1, 0.15) is 4.90 Å². The molecule has 0 saturated heterocycles. The van der Waals surface area contributed by atoms with E-state index in [-0.39, 0.29) is 16.2 Å². The van der Waals surface area contributed by atoms with E-state index in [1.165, 1.54) is 12.1 Å². The smallest absolute Gasteiger partial charge is 0.282 e. The molecule has 6 nitrogen and oxygen atoms in total. The van der Waals surface area contributed by atoms with Crippen LogP contribution in [0, 0.1) is 10.5 Å². The van der Waals surface area contributed by atoms with Crippen molar-refractivity contribution in [2.45, 2.75) is 23.1 Å². The summed E-state index contributed by atoms with van der Waals surface area (Å²) in [6.07, 6.45) is 0.252. The van der Waals surface area contributed by atoms with Crippen molar-refractivity contribution in [1.29, 1.82) is 0 Å². The molecule has 0 spiro atoms. The molecule has 0 bridgehead atoms. The molecule has 0 saturated carbocycles. The number of hydrogen-bond acceptors (Lipinski definition) is 4. The average molecular weight is 468 g/mol. The summed E-state index contributed by atoms with van der Waals surface area (Å²) in [5.41, 5.74) is 1.59. The van der Waals surface area contributed by atoms with Crippen LogP contribution in [0.2, 0.25) is 0 Å². The summed E-state index contributed by atoms with van der Waals surface area (Å²) < 4.78 is 64.1. The maximum atomic E-state index is 11.3. The monoisotopic (exact) mass is 468 g/mol. The molecular weight excluding hydrogens is 455 g/mol. The van der Waals surface area contributed by atoms with Crippen molar-refractivity contribution < 1.29 is 25.9 Å². The van der Waals surface area contributed by atoms with Crippen LogP contribution in [0.5, 0.6) is 0 Å². The minimum atomic E-state index is -4.33. The van der Waals surface area contributed by atoms with E-state index in [9.17, 15) is 25.9 Å². The van der Waals surface area contributed by atoms with Crippen molar-refractivity contribution in [3.8, 4) is 0 Å². The lowest BCUT2D eigenvalue weighted by atomic mass is 10.0. The van der Waals surface area contributed by atoms with Crippen molar-refractivity contribution in [3.63, 3.8) is 0 Å². The Morgan fingerprint density at radius 2 is 1.35 bits per heavy atom. The second-order valence-corrected chi connectivity index (χ2v) is 8.93. The van der Waals surface area contributed by atoms with E-state index in [0.29, 0.717) is 20.3 Å². The molecule has 0 radical (unpaired) electrons. The van der Waals surface area contributed by atoms with E-state index >= 15 is 0 Å². The second-order valence-electron chi connectivity index (χ2n) is 4.99. The molecule has 124 valence electrons. The number of hydrogen-bond donors (Lipinski definition) is 2. The third kappa shape index (κ3) is 4.51. The predicted molar refractivity (Wildman–Crippen MR) is 92.8 cm³/mol. The molecule has 0 atom stereocenters. The lowest BCUT2D eigenvalue weighted by Gasteiger charge is -2.08. The SMILES string of the molecule is Cc1ccc(Cc2ccc(I)c(S(=O)(=O)O)c2)cc1S(=O)(=O)O. The zero-order chi connectivity index (χ0) is 17.4. The van der Waals surface area contributed by atoms with E-state index in [1.807, 2.05) is 0 Å². The highest BCUT2D eigenvalue weighted by Gasteiger charge is 2.16. The molecule has 2 rings (SSSR count). The molecule has 0 amide bonds. The largest absolute Gasteiger partial charge is 0.295 e. The van der Waals surface area contributed by atoms with Gasteiger partial charge < -0.3 is 0 Å². The molecule has 2 aromatic carbocycles. The van der Waals surface area contributed by atoms with Gasteiger partial charge >= 0.3 is 0 Å². The summed E-state index contributed by atoms with van der Waals surface area (Å²) in [6.45, 7) is 1.56. The minimum Gasteiger partial charge on any atom is -0.282 e. The highest BCUT2D eigenvalue weighted by Crippen LogP contribution is 2.23. The average Bonchev–Trinajstić information content (AvgIpc) is 2.40. The van der Waals surface area contributed by atoms with Crippen LogP contribution >= 0.6 is 22.6 Å². The van der Waals surface area contributed by atoms with Crippen LogP contribution in [0.4, 0.5) is 0 Å². The number of rotatable bonds is 4. The van der Waals surface area contributed by atoms with Crippen LogP contribution < -0.4 is 0 Å². The molecule has 0 heterocycles. The van der Waals surface area contributed by atoms with Gasteiger partial charge in [-0.15, -0.1) is 0 Å². The van der Waals surface area contributed by atoms with Gasteiger partial charge in [-0.05, 0) is 70.8 Å². The summed E-state index contributed by atoms with van der Waals surface area (Å²) in [5, 5.41) is 0. The number of benzene rings is 2. The topological polar surface area (TPSA) is 109 Å². The summed E-state index contributed by atoms with van der Waals surface area (Å²) in [4.78, 5) is -0.381. The van der Waals surface area contributed by atoms with E-state index in [0.717, 1.165) is 0 Å². The molecule has 2 N–H and O–H groups in total. The van der Waals surface area contributed by atoms with Crippen LogP contribution in [-0.2, 0) is 26.7 Å². The Hall–Kier alpha value is -1.01. The van der Waals surface area contributed by atoms with Crippen LogP contribution in [0.25, 0.3) is 0 Å². The molecule has 0 fully saturated rings. The third-order valence-electron chi connectivity index (χ3n) is 3.21. The Morgan fingerprint density at radius 1 is 0.870 bits per heavy atom. The van der Waals surface area contributed by atoms with Gasteiger partial charge in [-0.1, -0.05) is 18.2 Å². The van der Waals surface area contributed by atoms with Crippen molar-refractivity contribution in [3.05, 3.63) is 56.7 Å². The fraction of sp³-hybridized carbons (Fsp3) is 0.143. The highest BCUT2D eigenvalue weighted by atomic mass is 127. The molecule has 0 aliphatic heterocycles. The van der Waals surface area contributed by atoms with Crippen LogP contribution in [0.3, 0.4) is 0 Å². The Balaban J connectivity index is 2.45. The van der Waals surface area contributed by atoms with Gasteiger partial charge in [0, 0.05) is 3.57 Å². The fourth-order valence-corrected chi connectivity index (χ4v) is 4.68. The zero-order valence-corrected chi connectivity index (χ0v) is 15.7. The Kier molecular flexibility index (Phi) is 5.16. The Bertz CT molecular complexity index is 885.